The lowest BCUT2D eigenvalue weighted by atomic mass is 10.0. The van der Waals surface area contributed by atoms with E-state index in [1.807, 2.05) is 30.3 Å². The molecule has 0 bridgehead atoms. The summed E-state index contributed by atoms with van der Waals surface area (Å²) >= 11 is 0. The summed E-state index contributed by atoms with van der Waals surface area (Å²) < 4.78 is 0. The Morgan fingerprint density at radius 2 is 1.73 bits per heavy atom. The molecule has 2 aliphatic heterocycles. The summed E-state index contributed by atoms with van der Waals surface area (Å²) in [5.41, 5.74) is 0.963. The summed E-state index contributed by atoms with van der Waals surface area (Å²) in [6.45, 7) is 2.35. The van der Waals surface area contributed by atoms with Gasteiger partial charge in [-0.15, -0.1) is 0 Å². The Bertz CT molecular complexity index is 540. The van der Waals surface area contributed by atoms with Gasteiger partial charge < -0.3 is 10.0 Å². The van der Waals surface area contributed by atoms with Crippen LogP contribution in [-0.2, 0) is 9.59 Å². The SMILES string of the molecule is O=C(O)C1CCCN1C(=O)C(c1ccccc1)N1CCCC1. The number of rotatable bonds is 4. The zero-order valence-corrected chi connectivity index (χ0v) is 12.6. The molecule has 5 heteroatoms. The summed E-state index contributed by atoms with van der Waals surface area (Å²) in [5.74, 6) is -0.947. The summed E-state index contributed by atoms with van der Waals surface area (Å²) in [4.78, 5) is 28.2. The van der Waals surface area contributed by atoms with Gasteiger partial charge in [0.05, 0.1) is 0 Å². The molecule has 3 rings (SSSR count). The van der Waals surface area contributed by atoms with E-state index in [4.69, 9.17) is 0 Å². The molecule has 1 aromatic rings. The van der Waals surface area contributed by atoms with E-state index in [1.54, 1.807) is 4.90 Å². The summed E-state index contributed by atoms with van der Waals surface area (Å²) in [6.07, 6.45) is 3.52. The Morgan fingerprint density at radius 3 is 2.36 bits per heavy atom. The minimum atomic E-state index is -0.890. The van der Waals surface area contributed by atoms with Crippen molar-refractivity contribution < 1.29 is 14.7 Å². The van der Waals surface area contributed by atoms with Crippen molar-refractivity contribution in [2.24, 2.45) is 0 Å². The molecule has 0 aliphatic carbocycles. The standard InChI is InChI=1S/C17H22N2O3/c20-16(19-12-6-9-14(19)17(21)22)15(18-10-4-5-11-18)13-7-2-1-3-8-13/h1-3,7-8,14-15H,4-6,9-12H2,(H,21,22). The average Bonchev–Trinajstić information content (AvgIpc) is 3.20. The second-order valence-electron chi connectivity index (χ2n) is 6.08. The fourth-order valence-corrected chi connectivity index (χ4v) is 3.59. The van der Waals surface area contributed by atoms with Gasteiger partial charge in [-0.3, -0.25) is 9.69 Å². The molecule has 5 nitrogen and oxygen atoms in total. The van der Waals surface area contributed by atoms with Crippen molar-refractivity contribution in [3.8, 4) is 0 Å². The van der Waals surface area contributed by atoms with Crippen LogP contribution >= 0.6 is 0 Å². The van der Waals surface area contributed by atoms with Crippen molar-refractivity contribution in [2.45, 2.75) is 37.8 Å². The van der Waals surface area contributed by atoms with Gasteiger partial charge in [-0.1, -0.05) is 30.3 Å². The fourth-order valence-electron chi connectivity index (χ4n) is 3.59. The van der Waals surface area contributed by atoms with Crippen LogP contribution in [0.5, 0.6) is 0 Å². The summed E-state index contributed by atoms with van der Waals surface area (Å²) in [5, 5.41) is 9.34. The highest BCUT2D eigenvalue weighted by Gasteiger charge is 2.40. The first-order chi connectivity index (χ1) is 10.7. The number of hydrogen-bond acceptors (Lipinski definition) is 3. The number of likely N-dealkylation sites (tertiary alicyclic amines) is 2. The number of nitrogens with zero attached hydrogens (tertiary/aromatic N) is 2. The molecule has 1 amide bonds. The number of benzene rings is 1. The van der Waals surface area contributed by atoms with Crippen molar-refractivity contribution in [1.82, 2.24) is 9.80 Å². The molecule has 1 aromatic carbocycles. The van der Waals surface area contributed by atoms with Crippen LogP contribution in [0.15, 0.2) is 30.3 Å². The van der Waals surface area contributed by atoms with Gasteiger partial charge in [0.25, 0.3) is 0 Å². The summed E-state index contributed by atoms with van der Waals surface area (Å²) in [7, 11) is 0. The van der Waals surface area contributed by atoms with Crippen molar-refractivity contribution >= 4 is 11.9 Å². The van der Waals surface area contributed by atoms with Crippen LogP contribution in [0, 0.1) is 0 Å². The zero-order valence-electron chi connectivity index (χ0n) is 12.6. The fraction of sp³-hybridized carbons (Fsp3) is 0.529. The number of carboxylic acid groups (broad SMARTS) is 1. The minimum absolute atomic E-state index is 0.0574. The lowest BCUT2D eigenvalue weighted by Gasteiger charge is -2.32. The molecular formula is C17H22N2O3. The molecule has 2 aliphatic rings. The second kappa shape index (κ2) is 6.48. The molecule has 0 spiro atoms. The molecule has 0 radical (unpaired) electrons. The predicted octanol–water partition coefficient (Wildman–Crippen LogP) is 1.90. The predicted molar refractivity (Wildman–Crippen MR) is 82.4 cm³/mol. The maximum absolute atomic E-state index is 13.1. The van der Waals surface area contributed by atoms with Crippen LogP contribution in [0.3, 0.4) is 0 Å². The Balaban J connectivity index is 1.88. The molecule has 2 fully saturated rings. The van der Waals surface area contributed by atoms with E-state index in [2.05, 4.69) is 4.90 Å². The van der Waals surface area contributed by atoms with Gasteiger partial charge in [-0.2, -0.15) is 0 Å². The highest BCUT2D eigenvalue weighted by atomic mass is 16.4. The number of carboxylic acids is 1. The third kappa shape index (κ3) is 2.86. The highest BCUT2D eigenvalue weighted by Crippen LogP contribution is 2.30. The lowest BCUT2D eigenvalue weighted by Crippen LogP contribution is -2.46. The third-order valence-electron chi connectivity index (χ3n) is 4.68. The number of carbonyl (C=O) groups is 2. The normalized spacial score (nSPS) is 23.6. The molecular weight excluding hydrogens is 280 g/mol. The van der Waals surface area contributed by atoms with Crippen LogP contribution < -0.4 is 0 Å². The van der Waals surface area contributed by atoms with E-state index in [-0.39, 0.29) is 11.9 Å². The second-order valence-corrected chi connectivity index (χ2v) is 6.08. The van der Waals surface area contributed by atoms with E-state index in [0.29, 0.717) is 13.0 Å². The molecule has 0 saturated carbocycles. The first-order valence-electron chi connectivity index (χ1n) is 8.01. The van der Waals surface area contributed by atoms with Gasteiger partial charge in [0.15, 0.2) is 0 Å². The maximum Gasteiger partial charge on any atom is 0.326 e. The molecule has 22 heavy (non-hydrogen) atoms. The highest BCUT2D eigenvalue weighted by molar-refractivity contribution is 5.88. The van der Waals surface area contributed by atoms with Gasteiger partial charge in [-0.05, 0) is 44.3 Å². The number of aliphatic carboxylic acids is 1. The van der Waals surface area contributed by atoms with E-state index in [0.717, 1.165) is 37.9 Å². The first kappa shape index (κ1) is 15.0. The molecule has 0 aromatic heterocycles. The largest absolute Gasteiger partial charge is 0.480 e. The van der Waals surface area contributed by atoms with Gasteiger partial charge in [-0.25, -0.2) is 4.79 Å². The van der Waals surface area contributed by atoms with E-state index >= 15 is 0 Å². The van der Waals surface area contributed by atoms with Gasteiger partial charge >= 0.3 is 5.97 Å². The molecule has 1 N–H and O–H groups in total. The smallest absolute Gasteiger partial charge is 0.326 e. The molecule has 2 heterocycles. The van der Waals surface area contributed by atoms with Gasteiger partial charge in [0, 0.05) is 6.54 Å². The first-order valence-corrected chi connectivity index (χ1v) is 8.01. The van der Waals surface area contributed by atoms with Crippen molar-refractivity contribution in [1.29, 1.82) is 0 Å². The Morgan fingerprint density at radius 1 is 1.05 bits per heavy atom. The van der Waals surface area contributed by atoms with Crippen LogP contribution in [-0.4, -0.2) is 52.5 Å². The quantitative estimate of drug-likeness (QED) is 0.923. The van der Waals surface area contributed by atoms with Crippen molar-refractivity contribution in [2.75, 3.05) is 19.6 Å². The van der Waals surface area contributed by atoms with Crippen molar-refractivity contribution in [3.63, 3.8) is 0 Å². The van der Waals surface area contributed by atoms with E-state index < -0.39 is 12.0 Å². The summed E-state index contributed by atoms with van der Waals surface area (Å²) in [6, 6.07) is 8.73. The van der Waals surface area contributed by atoms with Crippen LogP contribution in [0.4, 0.5) is 0 Å². The topological polar surface area (TPSA) is 60.9 Å². The van der Waals surface area contributed by atoms with Crippen molar-refractivity contribution in [3.05, 3.63) is 35.9 Å². The van der Waals surface area contributed by atoms with Crippen LogP contribution in [0.25, 0.3) is 0 Å². The van der Waals surface area contributed by atoms with E-state index in [1.165, 1.54) is 0 Å². The Labute approximate surface area is 130 Å². The average molecular weight is 302 g/mol. The third-order valence-corrected chi connectivity index (χ3v) is 4.68. The zero-order chi connectivity index (χ0) is 15.5. The van der Waals surface area contributed by atoms with E-state index in [9.17, 15) is 14.7 Å². The minimum Gasteiger partial charge on any atom is -0.480 e. The van der Waals surface area contributed by atoms with Crippen LogP contribution in [0.2, 0.25) is 0 Å². The molecule has 2 unspecified atom stereocenters. The van der Waals surface area contributed by atoms with Crippen LogP contribution in [0.1, 0.15) is 37.3 Å². The molecule has 2 saturated heterocycles. The number of amides is 1. The van der Waals surface area contributed by atoms with Gasteiger partial charge in [0.2, 0.25) is 5.91 Å². The molecule has 118 valence electrons. The Hall–Kier alpha value is -1.88. The molecule has 2 atom stereocenters. The number of hydrogen-bond donors (Lipinski definition) is 1. The lowest BCUT2D eigenvalue weighted by molar-refractivity contribution is -0.150. The Kier molecular flexibility index (Phi) is 4.43. The van der Waals surface area contributed by atoms with Gasteiger partial charge in [0.1, 0.15) is 12.1 Å². The monoisotopic (exact) mass is 302 g/mol. The maximum atomic E-state index is 13.1. The number of carbonyl (C=O) groups excluding carboxylic acids is 1.